The van der Waals surface area contributed by atoms with Gasteiger partial charge in [0.25, 0.3) is 0 Å². The quantitative estimate of drug-likeness (QED) is 0.618. The van der Waals surface area contributed by atoms with Gasteiger partial charge in [-0.3, -0.25) is 4.98 Å². The van der Waals surface area contributed by atoms with Crippen molar-refractivity contribution in [3.05, 3.63) is 66.0 Å². The molecule has 0 amide bonds. The lowest BCUT2D eigenvalue weighted by molar-refractivity contribution is 1.20. The van der Waals surface area contributed by atoms with Crippen molar-refractivity contribution in [3.8, 4) is 0 Å². The molecule has 0 bridgehead atoms. The molecule has 1 aliphatic rings. The van der Waals surface area contributed by atoms with Crippen molar-refractivity contribution in [3.63, 3.8) is 0 Å². The van der Waals surface area contributed by atoms with Gasteiger partial charge in [0.05, 0.1) is 0 Å². The number of hydrogen-bond donors (Lipinski definition) is 0. The molecule has 0 atom stereocenters. The first-order valence-electron chi connectivity index (χ1n) is 5.15. The number of hydrogen-bond acceptors (Lipinski definition) is 1. The summed E-state index contributed by atoms with van der Waals surface area (Å²) in [4.78, 5) is 3.98. The van der Waals surface area contributed by atoms with E-state index in [-0.39, 0.29) is 0 Å². The maximum atomic E-state index is 3.98. The molecule has 1 heterocycles. The summed E-state index contributed by atoms with van der Waals surface area (Å²) >= 11 is 0. The van der Waals surface area contributed by atoms with Crippen molar-refractivity contribution in [2.75, 3.05) is 0 Å². The van der Waals surface area contributed by atoms with E-state index in [1.54, 1.807) is 6.20 Å². The van der Waals surface area contributed by atoms with Gasteiger partial charge in [-0.15, -0.1) is 0 Å². The maximum Gasteiger partial charge on any atom is 0.0372 e. The van der Waals surface area contributed by atoms with Gasteiger partial charge in [-0.05, 0) is 32.4 Å². The molecule has 1 heteroatoms. The molecule has 0 N–H and O–H groups in total. The van der Waals surface area contributed by atoms with Crippen molar-refractivity contribution < 1.29 is 0 Å². The molecule has 78 valence electrons. The van der Waals surface area contributed by atoms with Crippen LogP contribution in [0.3, 0.4) is 0 Å². The highest BCUT2D eigenvalue weighted by atomic mass is 14.6. The Morgan fingerprint density at radius 1 is 1.07 bits per heavy atom. The predicted molar refractivity (Wildman–Crippen MR) is 65.6 cm³/mol. The fourth-order valence-electron chi connectivity index (χ4n) is 1.13. The molecule has 1 nitrogen and oxygen atoms in total. The molecule has 0 unspecified atom stereocenters. The van der Waals surface area contributed by atoms with Gasteiger partial charge >= 0.3 is 0 Å². The van der Waals surface area contributed by atoms with Gasteiger partial charge < -0.3 is 0 Å². The van der Waals surface area contributed by atoms with E-state index in [2.05, 4.69) is 42.3 Å². The molecule has 0 fully saturated rings. The molecule has 0 saturated carbocycles. The van der Waals surface area contributed by atoms with Crippen molar-refractivity contribution in [2.45, 2.75) is 20.3 Å². The largest absolute Gasteiger partial charge is 0.262 e. The second-order valence-electron chi connectivity index (χ2n) is 3.50. The first-order chi connectivity index (χ1) is 7.29. The van der Waals surface area contributed by atoms with Crippen LogP contribution >= 0.6 is 0 Å². The van der Waals surface area contributed by atoms with Crippen molar-refractivity contribution >= 4 is 0 Å². The predicted octanol–water partition coefficient (Wildman–Crippen LogP) is 3.84. The zero-order chi connectivity index (χ0) is 10.9. The number of nitrogens with zero attached hydrogens (tertiary/aromatic N) is 1. The highest BCUT2D eigenvalue weighted by molar-refractivity contribution is 5.21. The molecule has 2 rings (SSSR count). The molecule has 1 aromatic rings. The lowest BCUT2D eigenvalue weighted by atomic mass is 10.2. The number of allylic oxidation sites excluding steroid dienone is 6. The van der Waals surface area contributed by atoms with Gasteiger partial charge in [-0.2, -0.15) is 0 Å². The third-order valence-corrected chi connectivity index (χ3v) is 1.99. The third-order valence-electron chi connectivity index (χ3n) is 1.99. The van der Waals surface area contributed by atoms with Crippen LogP contribution in [0.5, 0.6) is 0 Å². The zero-order valence-corrected chi connectivity index (χ0v) is 9.35. The van der Waals surface area contributed by atoms with Crippen molar-refractivity contribution in [1.82, 2.24) is 4.98 Å². The van der Waals surface area contributed by atoms with Crippen LogP contribution in [-0.4, -0.2) is 4.98 Å². The molecule has 0 saturated heterocycles. The van der Waals surface area contributed by atoms with Gasteiger partial charge in [-0.1, -0.05) is 42.0 Å². The molecule has 0 spiro atoms. The number of aromatic nitrogens is 1. The number of aryl methyl sites for hydroxylation is 1. The van der Waals surface area contributed by atoms with E-state index in [9.17, 15) is 0 Å². The van der Waals surface area contributed by atoms with Crippen LogP contribution in [-0.2, 0) is 0 Å². The molecule has 15 heavy (non-hydrogen) atoms. The molecular formula is C14H17N. The van der Waals surface area contributed by atoms with Crippen LogP contribution < -0.4 is 0 Å². The van der Waals surface area contributed by atoms with E-state index >= 15 is 0 Å². The summed E-state index contributed by atoms with van der Waals surface area (Å²) in [5.41, 5.74) is 2.50. The average molecular weight is 199 g/mol. The van der Waals surface area contributed by atoms with Gasteiger partial charge in [0, 0.05) is 11.9 Å². The maximum absolute atomic E-state index is 3.98. The fourth-order valence-corrected chi connectivity index (χ4v) is 1.13. The minimum atomic E-state index is 1.07. The summed E-state index contributed by atoms with van der Waals surface area (Å²) < 4.78 is 0. The van der Waals surface area contributed by atoms with Crippen LogP contribution in [0.15, 0.2) is 60.3 Å². The molecular weight excluding hydrogens is 182 g/mol. The second kappa shape index (κ2) is 6.77. The molecule has 0 aliphatic heterocycles. The lowest BCUT2D eigenvalue weighted by Gasteiger charge is -1.86. The minimum absolute atomic E-state index is 1.07. The second-order valence-corrected chi connectivity index (χ2v) is 3.50. The Labute approximate surface area is 91.9 Å². The summed E-state index contributed by atoms with van der Waals surface area (Å²) in [6.07, 6.45) is 13.4. The first-order valence-corrected chi connectivity index (χ1v) is 5.15. The van der Waals surface area contributed by atoms with Gasteiger partial charge in [0.15, 0.2) is 0 Å². The standard InChI is InChI=1S/C8H10.C6H7N/c1-8-6-4-2-3-5-7-8;1-6-4-2-3-5-7-6/h2-6H,7H2,1H3;2-5H,1H3. The van der Waals surface area contributed by atoms with Crippen LogP contribution in [0.25, 0.3) is 0 Å². The Morgan fingerprint density at radius 3 is 2.53 bits per heavy atom. The van der Waals surface area contributed by atoms with Crippen LogP contribution in [0.4, 0.5) is 0 Å². The van der Waals surface area contributed by atoms with E-state index < -0.39 is 0 Å². The highest BCUT2D eigenvalue weighted by Gasteiger charge is 1.83. The summed E-state index contributed by atoms with van der Waals surface area (Å²) in [5, 5.41) is 0. The van der Waals surface area contributed by atoms with Gasteiger partial charge in [0.2, 0.25) is 0 Å². The number of rotatable bonds is 0. The minimum Gasteiger partial charge on any atom is -0.262 e. The van der Waals surface area contributed by atoms with E-state index in [1.165, 1.54) is 5.57 Å². The van der Waals surface area contributed by atoms with E-state index in [0.29, 0.717) is 0 Å². The molecule has 1 aromatic heterocycles. The van der Waals surface area contributed by atoms with Crippen molar-refractivity contribution in [1.29, 1.82) is 0 Å². The van der Waals surface area contributed by atoms with Crippen LogP contribution in [0.1, 0.15) is 19.0 Å². The van der Waals surface area contributed by atoms with Crippen molar-refractivity contribution in [2.24, 2.45) is 0 Å². The average Bonchev–Trinajstić information content (AvgIpc) is 2.48. The summed E-state index contributed by atoms with van der Waals surface area (Å²) in [6, 6.07) is 5.86. The Morgan fingerprint density at radius 2 is 1.93 bits per heavy atom. The Kier molecular flexibility index (Phi) is 5.16. The zero-order valence-electron chi connectivity index (χ0n) is 9.35. The third kappa shape index (κ3) is 5.63. The smallest absolute Gasteiger partial charge is 0.0372 e. The number of pyridine rings is 1. The summed E-state index contributed by atoms with van der Waals surface area (Å²) in [6.45, 7) is 4.11. The lowest BCUT2D eigenvalue weighted by Crippen LogP contribution is -1.72. The highest BCUT2D eigenvalue weighted by Crippen LogP contribution is 2.03. The monoisotopic (exact) mass is 199 g/mol. The van der Waals surface area contributed by atoms with E-state index in [0.717, 1.165) is 12.1 Å². The fraction of sp³-hybridized carbons (Fsp3) is 0.214. The Balaban J connectivity index is 0.000000151. The summed E-state index contributed by atoms with van der Waals surface area (Å²) in [5.74, 6) is 0. The SMILES string of the molecule is CC1=CC=CC=CC1.Cc1ccccn1. The topological polar surface area (TPSA) is 12.9 Å². The summed E-state index contributed by atoms with van der Waals surface area (Å²) in [7, 11) is 0. The Hall–Kier alpha value is -1.63. The normalized spacial score (nSPS) is 13.6. The van der Waals surface area contributed by atoms with Crippen LogP contribution in [0, 0.1) is 6.92 Å². The molecule has 0 radical (unpaired) electrons. The molecule has 1 aliphatic carbocycles. The van der Waals surface area contributed by atoms with E-state index in [1.807, 2.05) is 25.1 Å². The van der Waals surface area contributed by atoms with Crippen LogP contribution in [0.2, 0.25) is 0 Å². The first kappa shape index (κ1) is 11.4. The van der Waals surface area contributed by atoms with Gasteiger partial charge in [-0.25, -0.2) is 0 Å². The van der Waals surface area contributed by atoms with E-state index in [4.69, 9.17) is 0 Å². The van der Waals surface area contributed by atoms with Gasteiger partial charge in [0.1, 0.15) is 0 Å². The molecule has 0 aromatic carbocycles. The Bertz CT molecular complexity index is 358.